The number of nitro groups is 2. The first-order valence-electron chi connectivity index (χ1n) is 9.05. The fraction of sp³-hybridized carbons (Fsp3) is 0. The van der Waals surface area contributed by atoms with E-state index >= 15 is 0 Å². The smallest absolute Gasteiger partial charge is 0.271 e. The van der Waals surface area contributed by atoms with Crippen molar-refractivity contribution in [2.45, 2.75) is 9.79 Å². The fourth-order valence-corrected chi connectivity index (χ4v) is 4.75. The van der Waals surface area contributed by atoms with Crippen LogP contribution in [0, 0.1) is 20.2 Å². The standard InChI is InChI=1S/C22H13N3O4S/c26-24(27)15-9-11-21-20(12-15)23(18-7-3-5-14-4-1-2-6-17(14)18)19-10-8-16(25(28)29)13-22(19)30-21/h1-13H. The van der Waals surface area contributed by atoms with Gasteiger partial charge in [0.2, 0.25) is 0 Å². The number of anilines is 3. The zero-order chi connectivity index (χ0) is 20.8. The molecule has 0 amide bonds. The molecule has 0 spiro atoms. The first kappa shape index (κ1) is 18.1. The van der Waals surface area contributed by atoms with Gasteiger partial charge in [-0.2, -0.15) is 0 Å². The molecule has 1 aliphatic heterocycles. The van der Waals surface area contributed by atoms with Crippen LogP contribution in [0.15, 0.2) is 88.7 Å². The van der Waals surface area contributed by atoms with Crippen LogP contribution in [0.2, 0.25) is 0 Å². The summed E-state index contributed by atoms with van der Waals surface area (Å²) in [4.78, 5) is 25.3. The Hall–Kier alpha value is -3.91. The molecule has 1 heterocycles. The van der Waals surface area contributed by atoms with Gasteiger partial charge in [0.25, 0.3) is 11.4 Å². The number of fused-ring (bicyclic) bond motifs is 3. The normalized spacial score (nSPS) is 12.3. The summed E-state index contributed by atoms with van der Waals surface area (Å²) in [7, 11) is 0. The third-order valence-electron chi connectivity index (χ3n) is 5.02. The van der Waals surface area contributed by atoms with Gasteiger partial charge in [0.05, 0.1) is 26.9 Å². The molecule has 4 aromatic rings. The molecule has 0 fully saturated rings. The summed E-state index contributed by atoms with van der Waals surface area (Å²) in [5, 5.41) is 24.7. The highest BCUT2D eigenvalue weighted by molar-refractivity contribution is 7.99. The molecule has 0 radical (unpaired) electrons. The van der Waals surface area contributed by atoms with E-state index in [1.807, 2.05) is 47.4 Å². The Bertz CT molecular complexity index is 1350. The molecule has 0 saturated heterocycles. The zero-order valence-corrected chi connectivity index (χ0v) is 16.2. The molecule has 0 atom stereocenters. The van der Waals surface area contributed by atoms with Gasteiger partial charge in [-0.25, -0.2) is 0 Å². The number of nitrogens with zero attached hydrogens (tertiary/aromatic N) is 3. The van der Waals surface area contributed by atoms with Crippen molar-refractivity contribution in [3.63, 3.8) is 0 Å². The summed E-state index contributed by atoms with van der Waals surface area (Å²) in [6, 6.07) is 23.2. The monoisotopic (exact) mass is 415 g/mol. The Morgan fingerprint density at radius 2 is 1.37 bits per heavy atom. The first-order chi connectivity index (χ1) is 14.5. The Morgan fingerprint density at radius 1 is 0.667 bits per heavy atom. The molecule has 7 nitrogen and oxygen atoms in total. The van der Waals surface area contributed by atoms with Crippen LogP contribution in [0.25, 0.3) is 10.8 Å². The number of hydrogen-bond acceptors (Lipinski definition) is 6. The van der Waals surface area contributed by atoms with Gasteiger partial charge >= 0.3 is 0 Å². The van der Waals surface area contributed by atoms with E-state index in [0.717, 1.165) is 31.9 Å². The van der Waals surface area contributed by atoms with Crippen molar-refractivity contribution in [1.82, 2.24) is 0 Å². The number of nitro benzene ring substituents is 2. The number of non-ortho nitro benzene ring substituents is 2. The van der Waals surface area contributed by atoms with Crippen LogP contribution in [0.1, 0.15) is 0 Å². The topological polar surface area (TPSA) is 89.5 Å². The molecule has 0 bridgehead atoms. The van der Waals surface area contributed by atoms with Crippen LogP contribution in [0.3, 0.4) is 0 Å². The van der Waals surface area contributed by atoms with Crippen molar-refractivity contribution in [3.8, 4) is 0 Å². The molecule has 4 aromatic carbocycles. The second-order valence-electron chi connectivity index (χ2n) is 6.75. The van der Waals surface area contributed by atoms with E-state index in [4.69, 9.17) is 0 Å². The van der Waals surface area contributed by atoms with Gasteiger partial charge in [-0.3, -0.25) is 20.2 Å². The van der Waals surface area contributed by atoms with Crippen LogP contribution >= 0.6 is 11.8 Å². The van der Waals surface area contributed by atoms with E-state index < -0.39 is 9.85 Å². The molecule has 0 unspecified atom stereocenters. The largest absolute Gasteiger partial charge is 0.307 e. The molecule has 0 N–H and O–H groups in total. The Balaban J connectivity index is 1.81. The maximum absolute atomic E-state index is 11.4. The van der Waals surface area contributed by atoms with E-state index in [1.165, 1.54) is 23.9 Å². The van der Waals surface area contributed by atoms with Gasteiger partial charge < -0.3 is 4.90 Å². The summed E-state index contributed by atoms with van der Waals surface area (Å²) < 4.78 is 0. The average Bonchev–Trinajstić information content (AvgIpc) is 2.76. The number of hydrogen-bond donors (Lipinski definition) is 0. The van der Waals surface area contributed by atoms with Crippen LogP contribution in [-0.2, 0) is 0 Å². The van der Waals surface area contributed by atoms with Crippen LogP contribution < -0.4 is 4.90 Å². The minimum atomic E-state index is -0.422. The van der Waals surface area contributed by atoms with Gasteiger partial charge in [-0.05, 0) is 23.6 Å². The van der Waals surface area contributed by atoms with Gasteiger partial charge in [-0.15, -0.1) is 0 Å². The van der Waals surface area contributed by atoms with Crippen molar-refractivity contribution < 1.29 is 9.85 Å². The quantitative estimate of drug-likeness (QED) is 0.244. The van der Waals surface area contributed by atoms with Crippen molar-refractivity contribution in [2.24, 2.45) is 0 Å². The summed E-state index contributed by atoms with van der Waals surface area (Å²) in [5.41, 5.74) is 2.27. The number of benzene rings is 4. The Morgan fingerprint density at radius 3 is 2.17 bits per heavy atom. The minimum absolute atomic E-state index is 0.00415. The first-order valence-corrected chi connectivity index (χ1v) is 9.87. The predicted octanol–water partition coefficient (Wildman–Crippen LogP) is 6.59. The van der Waals surface area contributed by atoms with Crippen LogP contribution in [0.4, 0.5) is 28.4 Å². The highest BCUT2D eigenvalue weighted by Gasteiger charge is 2.29. The zero-order valence-electron chi connectivity index (χ0n) is 15.4. The maximum Gasteiger partial charge on any atom is 0.271 e. The lowest BCUT2D eigenvalue weighted by Gasteiger charge is -2.33. The summed E-state index contributed by atoms with van der Waals surface area (Å²) in [5.74, 6) is 0. The van der Waals surface area contributed by atoms with Crippen molar-refractivity contribution in [2.75, 3.05) is 4.90 Å². The van der Waals surface area contributed by atoms with Gasteiger partial charge in [-0.1, -0.05) is 48.2 Å². The van der Waals surface area contributed by atoms with Crippen molar-refractivity contribution in [3.05, 3.63) is 99.1 Å². The van der Waals surface area contributed by atoms with Gasteiger partial charge in [0.15, 0.2) is 0 Å². The second kappa shape index (κ2) is 6.85. The summed E-state index contributed by atoms with van der Waals surface area (Å²) >= 11 is 1.37. The highest BCUT2D eigenvalue weighted by Crippen LogP contribution is 2.53. The molecular formula is C22H13N3O4S. The fourth-order valence-electron chi connectivity index (χ4n) is 3.67. The molecule has 5 rings (SSSR count). The van der Waals surface area contributed by atoms with E-state index in [-0.39, 0.29) is 11.4 Å². The minimum Gasteiger partial charge on any atom is -0.307 e. The van der Waals surface area contributed by atoms with E-state index in [2.05, 4.69) is 0 Å². The third kappa shape index (κ3) is 2.85. The molecular weight excluding hydrogens is 402 g/mol. The van der Waals surface area contributed by atoms with Crippen LogP contribution in [0.5, 0.6) is 0 Å². The molecule has 0 saturated carbocycles. The second-order valence-corrected chi connectivity index (χ2v) is 7.84. The van der Waals surface area contributed by atoms with Gasteiger partial charge in [0, 0.05) is 39.4 Å². The Labute approximate surface area is 174 Å². The van der Waals surface area contributed by atoms with Gasteiger partial charge in [0.1, 0.15) is 0 Å². The summed E-state index contributed by atoms with van der Waals surface area (Å²) in [6.07, 6.45) is 0. The molecule has 8 heteroatoms. The maximum atomic E-state index is 11.4. The average molecular weight is 415 g/mol. The summed E-state index contributed by atoms with van der Waals surface area (Å²) in [6.45, 7) is 0. The lowest BCUT2D eigenvalue weighted by Crippen LogP contribution is -2.15. The highest BCUT2D eigenvalue weighted by atomic mass is 32.2. The van der Waals surface area contributed by atoms with E-state index in [9.17, 15) is 20.2 Å². The Kier molecular flexibility index (Phi) is 4.14. The molecule has 1 aliphatic rings. The lowest BCUT2D eigenvalue weighted by atomic mass is 10.1. The van der Waals surface area contributed by atoms with E-state index in [0.29, 0.717) is 5.69 Å². The third-order valence-corrected chi connectivity index (χ3v) is 6.13. The number of rotatable bonds is 3. The van der Waals surface area contributed by atoms with Crippen molar-refractivity contribution in [1.29, 1.82) is 0 Å². The SMILES string of the molecule is O=[N+]([O-])c1ccc2c(c1)Sc1ccc([N+](=O)[O-])cc1N2c1cccc2ccccc12. The lowest BCUT2D eigenvalue weighted by molar-refractivity contribution is -0.385. The van der Waals surface area contributed by atoms with Crippen molar-refractivity contribution >= 4 is 51.0 Å². The van der Waals surface area contributed by atoms with E-state index in [1.54, 1.807) is 24.3 Å². The molecule has 0 aliphatic carbocycles. The van der Waals surface area contributed by atoms with Crippen LogP contribution in [-0.4, -0.2) is 9.85 Å². The molecule has 30 heavy (non-hydrogen) atoms. The molecule has 146 valence electrons. The predicted molar refractivity (Wildman–Crippen MR) is 116 cm³/mol. The molecule has 0 aromatic heterocycles.